The van der Waals surface area contributed by atoms with Crippen molar-refractivity contribution in [3.63, 3.8) is 0 Å². The van der Waals surface area contributed by atoms with E-state index in [0.29, 0.717) is 6.29 Å². The van der Waals surface area contributed by atoms with Crippen molar-refractivity contribution in [2.45, 2.75) is 18.4 Å². The van der Waals surface area contributed by atoms with Crippen LogP contribution in [0.4, 0.5) is 0 Å². The first-order valence-electron chi connectivity index (χ1n) is 2.34. The van der Waals surface area contributed by atoms with Gasteiger partial charge in [-0.3, -0.25) is 0 Å². The Kier molecular flexibility index (Phi) is 3.83. The fourth-order valence-corrected chi connectivity index (χ4v) is 0.344. The fraction of sp³-hybridized carbons (Fsp3) is 0.800. The Bertz CT molecular complexity index is 74.8. The highest BCUT2D eigenvalue weighted by atomic mass is 35.5. The summed E-state index contributed by atoms with van der Waals surface area (Å²) in [5.74, 6) is 0. The number of methoxy groups -OCH3 is 1. The topological polar surface area (TPSA) is 26.3 Å². The van der Waals surface area contributed by atoms with Gasteiger partial charge in [0.1, 0.15) is 11.7 Å². The quantitative estimate of drug-likeness (QED) is 0.424. The molecule has 0 N–H and O–H groups in total. The molecule has 2 unspecified atom stereocenters. The Hall–Kier alpha value is -0.0800. The molecular weight excluding hydrogens is 128 g/mol. The molecule has 0 aromatic rings. The highest BCUT2D eigenvalue weighted by molar-refractivity contribution is 6.28. The van der Waals surface area contributed by atoms with E-state index < -0.39 is 5.38 Å². The van der Waals surface area contributed by atoms with Crippen LogP contribution in [-0.4, -0.2) is 24.9 Å². The summed E-state index contributed by atoms with van der Waals surface area (Å²) < 4.78 is 4.74. The van der Waals surface area contributed by atoms with Gasteiger partial charge in [0.25, 0.3) is 0 Å². The number of aldehydes is 1. The number of rotatable bonds is 3. The minimum atomic E-state index is -0.514. The lowest BCUT2D eigenvalue weighted by atomic mass is 10.3. The third-order valence-electron chi connectivity index (χ3n) is 0.950. The molecule has 2 atom stereocenters. The summed E-state index contributed by atoms with van der Waals surface area (Å²) >= 11 is 5.42. The molecule has 0 amide bonds. The molecule has 0 saturated heterocycles. The molecule has 0 fully saturated rings. The van der Waals surface area contributed by atoms with Crippen LogP contribution in [0.2, 0.25) is 0 Å². The van der Waals surface area contributed by atoms with Gasteiger partial charge in [-0.1, -0.05) is 0 Å². The second kappa shape index (κ2) is 3.87. The van der Waals surface area contributed by atoms with Gasteiger partial charge in [-0.05, 0) is 6.92 Å². The lowest BCUT2D eigenvalue weighted by Crippen LogP contribution is -2.20. The van der Waals surface area contributed by atoms with Gasteiger partial charge < -0.3 is 9.53 Å². The molecule has 0 spiro atoms. The molecule has 0 aromatic carbocycles. The molecule has 0 saturated carbocycles. The van der Waals surface area contributed by atoms with Crippen LogP contribution >= 0.6 is 11.6 Å². The van der Waals surface area contributed by atoms with E-state index in [1.807, 2.05) is 0 Å². The smallest absolute Gasteiger partial charge is 0.140 e. The second-order valence-electron chi connectivity index (χ2n) is 1.52. The Morgan fingerprint density at radius 3 is 2.38 bits per heavy atom. The predicted octanol–water partition coefficient (Wildman–Crippen LogP) is 0.828. The fourth-order valence-electron chi connectivity index (χ4n) is 0.241. The number of ether oxygens (including phenoxy) is 1. The third-order valence-corrected chi connectivity index (χ3v) is 1.41. The lowest BCUT2D eigenvalue weighted by Gasteiger charge is -2.08. The van der Waals surface area contributed by atoms with Gasteiger partial charge in [0.05, 0.1) is 6.10 Å². The maximum atomic E-state index is 9.89. The minimum Gasteiger partial charge on any atom is -0.380 e. The summed E-state index contributed by atoms with van der Waals surface area (Å²) in [6, 6.07) is 0. The van der Waals surface area contributed by atoms with Crippen LogP contribution in [0, 0.1) is 0 Å². The van der Waals surface area contributed by atoms with Crippen LogP contribution in [0.3, 0.4) is 0 Å². The third kappa shape index (κ3) is 2.28. The molecule has 8 heavy (non-hydrogen) atoms. The molecule has 0 heterocycles. The van der Waals surface area contributed by atoms with E-state index in [1.54, 1.807) is 6.92 Å². The number of carbonyl (C=O) groups is 1. The van der Waals surface area contributed by atoms with Crippen LogP contribution < -0.4 is 0 Å². The number of alkyl halides is 1. The van der Waals surface area contributed by atoms with Crippen molar-refractivity contribution < 1.29 is 9.53 Å². The highest BCUT2D eigenvalue weighted by Crippen LogP contribution is 2.00. The molecular formula is C5H9ClO2. The zero-order valence-corrected chi connectivity index (χ0v) is 5.68. The predicted molar refractivity (Wildman–Crippen MR) is 32.2 cm³/mol. The normalized spacial score (nSPS) is 17.4. The molecule has 48 valence electrons. The first-order chi connectivity index (χ1) is 3.72. The van der Waals surface area contributed by atoms with Crippen molar-refractivity contribution in [2.24, 2.45) is 0 Å². The summed E-state index contributed by atoms with van der Waals surface area (Å²) in [7, 11) is 1.52. The molecule has 2 nitrogen and oxygen atoms in total. The zero-order valence-electron chi connectivity index (χ0n) is 4.93. The maximum Gasteiger partial charge on any atom is 0.140 e. The van der Waals surface area contributed by atoms with Crippen molar-refractivity contribution in [3.05, 3.63) is 0 Å². The van der Waals surface area contributed by atoms with E-state index in [9.17, 15) is 4.79 Å². The highest BCUT2D eigenvalue weighted by Gasteiger charge is 2.10. The van der Waals surface area contributed by atoms with Crippen molar-refractivity contribution in [1.29, 1.82) is 0 Å². The Morgan fingerprint density at radius 2 is 2.25 bits per heavy atom. The molecule has 0 aromatic heterocycles. The average molecular weight is 137 g/mol. The van der Waals surface area contributed by atoms with Gasteiger partial charge in [0.2, 0.25) is 0 Å². The molecule has 0 aliphatic carbocycles. The second-order valence-corrected chi connectivity index (χ2v) is 2.03. The summed E-state index contributed by atoms with van der Waals surface area (Å²) in [6.45, 7) is 1.74. The summed E-state index contributed by atoms with van der Waals surface area (Å²) in [5, 5.41) is -0.514. The summed E-state index contributed by atoms with van der Waals surface area (Å²) in [6.07, 6.45) is 0.476. The van der Waals surface area contributed by atoms with E-state index in [1.165, 1.54) is 7.11 Å². The number of hydrogen-bond donors (Lipinski definition) is 0. The molecule has 0 rings (SSSR count). The van der Waals surface area contributed by atoms with Crippen LogP contribution in [0.1, 0.15) is 6.92 Å². The van der Waals surface area contributed by atoms with Crippen LogP contribution in [0.15, 0.2) is 0 Å². The van der Waals surface area contributed by atoms with Crippen molar-refractivity contribution in [1.82, 2.24) is 0 Å². The zero-order chi connectivity index (χ0) is 6.57. The van der Waals surface area contributed by atoms with Crippen molar-refractivity contribution >= 4 is 17.9 Å². The van der Waals surface area contributed by atoms with Crippen LogP contribution in [0.5, 0.6) is 0 Å². The summed E-state index contributed by atoms with van der Waals surface area (Å²) in [4.78, 5) is 9.89. The summed E-state index contributed by atoms with van der Waals surface area (Å²) in [5.41, 5.74) is 0. The molecule has 0 aliphatic rings. The number of carbonyl (C=O) groups excluding carboxylic acids is 1. The van der Waals surface area contributed by atoms with Gasteiger partial charge in [0, 0.05) is 7.11 Å². The van der Waals surface area contributed by atoms with Crippen molar-refractivity contribution in [2.75, 3.05) is 7.11 Å². The monoisotopic (exact) mass is 136 g/mol. The molecule has 0 radical (unpaired) electrons. The van der Waals surface area contributed by atoms with Crippen molar-refractivity contribution in [3.8, 4) is 0 Å². The Balaban J connectivity index is 3.44. The van der Waals surface area contributed by atoms with E-state index in [4.69, 9.17) is 16.3 Å². The lowest BCUT2D eigenvalue weighted by molar-refractivity contribution is -0.109. The maximum absolute atomic E-state index is 9.89. The van der Waals surface area contributed by atoms with Gasteiger partial charge in [-0.25, -0.2) is 0 Å². The largest absolute Gasteiger partial charge is 0.380 e. The van der Waals surface area contributed by atoms with Crippen LogP contribution in [-0.2, 0) is 9.53 Å². The van der Waals surface area contributed by atoms with Gasteiger partial charge in [0.15, 0.2) is 0 Å². The SMILES string of the molecule is COC(C)C(Cl)C=O. The number of halogens is 1. The number of hydrogen-bond acceptors (Lipinski definition) is 2. The van der Waals surface area contributed by atoms with Gasteiger partial charge in [-0.2, -0.15) is 0 Å². The van der Waals surface area contributed by atoms with Crippen LogP contribution in [0.25, 0.3) is 0 Å². The molecule has 0 aliphatic heterocycles. The van der Waals surface area contributed by atoms with Gasteiger partial charge >= 0.3 is 0 Å². The van der Waals surface area contributed by atoms with E-state index in [0.717, 1.165) is 0 Å². The minimum absolute atomic E-state index is 0.186. The van der Waals surface area contributed by atoms with E-state index in [2.05, 4.69) is 0 Å². The Morgan fingerprint density at radius 1 is 1.75 bits per heavy atom. The first-order valence-corrected chi connectivity index (χ1v) is 2.78. The Labute approximate surface area is 53.8 Å². The molecule has 0 bridgehead atoms. The van der Waals surface area contributed by atoms with Gasteiger partial charge in [-0.15, -0.1) is 11.6 Å². The first kappa shape index (κ1) is 7.92. The van der Waals surface area contributed by atoms with E-state index in [-0.39, 0.29) is 6.10 Å². The standard InChI is InChI=1S/C5H9ClO2/c1-4(8-2)5(6)3-7/h3-5H,1-2H3. The average Bonchev–Trinajstić information content (AvgIpc) is 1.84. The molecule has 3 heteroatoms. The van der Waals surface area contributed by atoms with E-state index >= 15 is 0 Å².